The molecule has 0 radical (unpaired) electrons. The fourth-order valence-corrected chi connectivity index (χ4v) is 3.90. The minimum absolute atomic E-state index is 0.145. The number of aromatic nitrogens is 4. The van der Waals surface area contributed by atoms with E-state index in [2.05, 4.69) is 11.9 Å². The molecule has 1 N–H and O–H groups in total. The third kappa shape index (κ3) is 3.94. The molecule has 1 aromatic carbocycles. The van der Waals surface area contributed by atoms with Crippen LogP contribution in [-0.2, 0) is 13.0 Å². The molecule has 3 aromatic heterocycles. The van der Waals surface area contributed by atoms with Gasteiger partial charge in [0.2, 0.25) is 0 Å². The van der Waals surface area contributed by atoms with Crippen LogP contribution in [0.2, 0.25) is 5.02 Å². The van der Waals surface area contributed by atoms with Crippen LogP contribution in [0.4, 0.5) is 0 Å². The Morgan fingerprint density at radius 3 is 2.45 bits per heavy atom. The number of carboxylic acids is 1. The monoisotopic (exact) mass is 432 g/mol. The Hall–Kier alpha value is -3.51. The fourth-order valence-electron chi connectivity index (χ4n) is 3.73. The van der Waals surface area contributed by atoms with E-state index in [4.69, 9.17) is 21.7 Å². The van der Waals surface area contributed by atoms with Crippen LogP contribution in [0, 0.1) is 0 Å². The van der Waals surface area contributed by atoms with Crippen LogP contribution in [0.15, 0.2) is 60.9 Å². The number of carbonyl (C=O) groups is 1. The van der Waals surface area contributed by atoms with Gasteiger partial charge in [0, 0.05) is 41.3 Å². The van der Waals surface area contributed by atoms with Gasteiger partial charge in [-0.05, 0) is 31.5 Å². The molecule has 156 valence electrons. The summed E-state index contributed by atoms with van der Waals surface area (Å²) in [5.41, 5.74) is 5.37. The molecule has 0 spiro atoms. The molecule has 7 heteroatoms. The predicted octanol–water partition coefficient (Wildman–Crippen LogP) is 5.61. The van der Waals surface area contributed by atoms with E-state index in [1.54, 1.807) is 24.5 Å². The van der Waals surface area contributed by atoms with Crippen molar-refractivity contribution in [2.45, 2.75) is 26.8 Å². The number of hydrogen-bond acceptors (Lipinski definition) is 4. The van der Waals surface area contributed by atoms with Crippen LogP contribution in [0.25, 0.3) is 33.8 Å². The number of aryl methyl sites for hydroxylation is 1. The minimum atomic E-state index is -1.02. The second-order valence-corrected chi connectivity index (χ2v) is 7.43. The lowest BCUT2D eigenvalue weighted by Crippen LogP contribution is -2.03. The Labute approximate surface area is 185 Å². The van der Waals surface area contributed by atoms with Gasteiger partial charge in [-0.1, -0.05) is 48.9 Å². The molecular formula is C24H21ClN4O2. The van der Waals surface area contributed by atoms with E-state index < -0.39 is 5.97 Å². The first-order valence-corrected chi connectivity index (χ1v) is 10.4. The second kappa shape index (κ2) is 8.70. The van der Waals surface area contributed by atoms with E-state index in [1.165, 1.54) is 0 Å². The van der Waals surface area contributed by atoms with Crippen LogP contribution in [0.1, 0.15) is 29.9 Å². The Balaban J connectivity index is 1.98. The summed E-state index contributed by atoms with van der Waals surface area (Å²) in [6.07, 6.45) is 4.12. The molecule has 0 fully saturated rings. The maximum absolute atomic E-state index is 11.8. The highest BCUT2D eigenvalue weighted by Gasteiger charge is 2.22. The molecule has 31 heavy (non-hydrogen) atoms. The number of halogens is 1. The number of hydrogen-bond donors (Lipinski definition) is 1. The van der Waals surface area contributed by atoms with Crippen molar-refractivity contribution in [3.63, 3.8) is 0 Å². The highest BCUT2D eigenvalue weighted by atomic mass is 35.5. The van der Waals surface area contributed by atoms with Crippen LogP contribution >= 0.6 is 11.6 Å². The highest BCUT2D eigenvalue weighted by Crippen LogP contribution is 2.36. The van der Waals surface area contributed by atoms with Crippen molar-refractivity contribution < 1.29 is 9.90 Å². The minimum Gasteiger partial charge on any atom is -0.478 e. The number of aromatic carboxylic acids is 1. The van der Waals surface area contributed by atoms with E-state index >= 15 is 0 Å². The lowest BCUT2D eigenvalue weighted by molar-refractivity contribution is 0.0697. The quantitative estimate of drug-likeness (QED) is 0.428. The lowest BCUT2D eigenvalue weighted by Gasteiger charge is -2.10. The van der Waals surface area contributed by atoms with Gasteiger partial charge in [-0.25, -0.2) is 9.78 Å². The van der Waals surface area contributed by atoms with Gasteiger partial charge in [-0.15, -0.1) is 0 Å². The average molecular weight is 433 g/mol. The molecule has 0 aliphatic rings. The zero-order valence-corrected chi connectivity index (χ0v) is 18.0. The molecule has 4 aromatic rings. The summed E-state index contributed by atoms with van der Waals surface area (Å²) in [6, 6.07) is 14.5. The van der Waals surface area contributed by atoms with Crippen LogP contribution in [0.5, 0.6) is 0 Å². The Morgan fingerprint density at radius 2 is 1.81 bits per heavy atom. The molecule has 3 heterocycles. The van der Waals surface area contributed by atoms with Crippen molar-refractivity contribution in [2.75, 3.05) is 0 Å². The Kier molecular flexibility index (Phi) is 5.82. The summed E-state index contributed by atoms with van der Waals surface area (Å²) in [7, 11) is 0. The maximum Gasteiger partial charge on any atom is 0.337 e. The van der Waals surface area contributed by atoms with E-state index in [0.717, 1.165) is 28.8 Å². The molecule has 0 saturated carbocycles. The van der Waals surface area contributed by atoms with Gasteiger partial charge in [0.1, 0.15) is 5.69 Å². The van der Waals surface area contributed by atoms with E-state index in [-0.39, 0.29) is 5.56 Å². The van der Waals surface area contributed by atoms with Crippen LogP contribution in [-0.4, -0.2) is 30.8 Å². The van der Waals surface area contributed by atoms with Gasteiger partial charge < -0.3 is 5.11 Å². The van der Waals surface area contributed by atoms with E-state index in [9.17, 15) is 9.90 Å². The standard InChI is InChI=1S/C24H21ClN4O2/c1-3-20-21(16-12-17(25)14-26-13-16)23(28-29(20)4-2)19-11-10-18(24(30)31)22(27-19)15-8-6-5-7-9-15/h5-14H,3-4H2,1-2H3,(H,30,31). The van der Waals surface area contributed by atoms with Crippen LogP contribution < -0.4 is 0 Å². The van der Waals surface area contributed by atoms with E-state index in [1.807, 2.05) is 48.0 Å². The largest absolute Gasteiger partial charge is 0.478 e. The first kappa shape index (κ1) is 20.8. The summed E-state index contributed by atoms with van der Waals surface area (Å²) in [4.78, 5) is 20.8. The average Bonchev–Trinajstić information content (AvgIpc) is 3.18. The van der Waals surface area contributed by atoms with Crippen LogP contribution in [0.3, 0.4) is 0 Å². The van der Waals surface area contributed by atoms with Crippen molar-refractivity contribution in [3.8, 4) is 33.8 Å². The topological polar surface area (TPSA) is 80.9 Å². The molecule has 0 aliphatic heterocycles. The number of benzene rings is 1. The highest BCUT2D eigenvalue weighted by molar-refractivity contribution is 6.30. The fraction of sp³-hybridized carbons (Fsp3) is 0.167. The van der Waals surface area contributed by atoms with Gasteiger partial charge in [0.15, 0.2) is 0 Å². The zero-order valence-electron chi connectivity index (χ0n) is 17.2. The molecule has 0 bridgehead atoms. The van der Waals surface area contributed by atoms with Crippen molar-refractivity contribution in [2.24, 2.45) is 0 Å². The smallest absolute Gasteiger partial charge is 0.337 e. The molecular weight excluding hydrogens is 412 g/mol. The van der Waals surface area contributed by atoms with Crippen molar-refractivity contribution in [1.82, 2.24) is 19.7 Å². The Bertz CT molecular complexity index is 1250. The molecule has 0 unspecified atom stereocenters. The van der Waals surface area contributed by atoms with Gasteiger partial charge >= 0.3 is 5.97 Å². The SMILES string of the molecule is CCc1c(-c2cncc(Cl)c2)c(-c2ccc(C(=O)O)c(-c3ccccc3)n2)nn1CC. The Morgan fingerprint density at radius 1 is 1.03 bits per heavy atom. The number of pyridine rings is 2. The first-order valence-electron chi connectivity index (χ1n) is 10.0. The first-order chi connectivity index (χ1) is 15.0. The third-order valence-corrected chi connectivity index (χ3v) is 5.31. The van der Waals surface area contributed by atoms with Gasteiger partial charge in [-0.3, -0.25) is 9.67 Å². The number of carboxylic acid groups (broad SMARTS) is 1. The normalized spacial score (nSPS) is 10.9. The van der Waals surface area contributed by atoms with Gasteiger partial charge in [0.05, 0.1) is 22.0 Å². The van der Waals surface area contributed by atoms with Crippen molar-refractivity contribution in [1.29, 1.82) is 0 Å². The van der Waals surface area contributed by atoms with E-state index in [0.29, 0.717) is 28.6 Å². The van der Waals surface area contributed by atoms with Crippen molar-refractivity contribution >= 4 is 17.6 Å². The summed E-state index contributed by atoms with van der Waals surface area (Å²) in [5.74, 6) is -1.02. The predicted molar refractivity (Wildman–Crippen MR) is 121 cm³/mol. The third-order valence-electron chi connectivity index (χ3n) is 5.10. The number of nitrogens with zero attached hydrogens (tertiary/aromatic N) is 4. The van der Waals surface area contributed by atoms with Gasteiger partial charge in [-0.2, -0.15) is 5.10 Å². The lowest BCUT2D eigenvalue weighted by atomic mass is 10.00. The summed E-state index contributed by atoms with van der Waals surface area (Å²) in [5, 5.41) is 15.1. The molecule has 0 aliphatic carbocycles. The molecule has 6 nitrogen and oxygen atoms in total. The zero-order chi connectivity index (χ0) is 22.0. The molecule has 0 amide bonds. The van der Waals surface area contributed by atoms with Gasteiger partial charge in [0.25, 0.3) is 0 Å². The molecule has 0 saturated heterocycles. The second-order valence-electron chi connectivity index (χ2n) is 7.00. The summed E-state index contributed by atoms with van der Waals surface area (Å²) >= 11 is 6.22. The number of rotatable bonds is 6. The summed E-state index contributed by atoms with van der Waals surface area (Å²) in [6.45, 7) is 4.81. The maximum atomic E-state index is 11.8. The molecule has 0 atom stereocenters. The molecule has 4 rings (SSSR count). The van der Waals surface area contributed by atoms with Crippen molar-refractivity contribution in [3.05, 3.63) is 77.2 Å². The summed E-state index contributed by atoms with van der Waals surface area (Å²) < 4.78 is 1.94.